The fraction of sp³-hybridized carbons (Fsp3) is 0.294. The number of amides is 2. The van der Waals surface area contributed by atoms with E-state index in [1.54, 1.807) is 12.1 Å². The van der Waals surface area contributed by atoms with E-state index in [-0.39, 0.29) is 18.2 Å². The fourth-order valence-electron chi connectivity index (χ4n) is 1.90. The molecular weight excluding hydrogens is 312 g/mol. The van der Waals surface area contributed by atoms with Crippen LogP contribution in [0.2, 0.25) is 0 Å². The molecule has 1 aromatic carbocycles. The zero-order chi connectivity index (χ0) is 16.5. The summed E-state index contributed by atoms with van der Waals surface area (Å²) >= 11 is 1.37. The van der Waals surface area contributed by atoms with E-state index in [2.05, 4.69) is 10.6 Å². The van der Waals surface area contributed by atoms with Crippen molar-refractivity contribution < 1.29 is 14.3 Å². The van der Waals surface area contributed by atoms with Crippen molar-refractivity contribution in [1.29, 1.82) is 0 Å². The number of thiophene rings is 1. The Labute approximate surface area is 139 Å². The first-order valence-electron chi connectivity index (χ1n) is 7.54. The number of ether oxygens (including phenoxy) is 1. The Morgan fingerprint density at radius 1 is 1.17 bits per heavy atom. The number of anilines is 1. The Hall–Kier alpha value is -2.34. The van der Waals surface area contributed by atoms with E-state index in [1.807, 2.05) is 36.6 Å². The molecule has 2 rings (SSSR count). The second kappa shape index (κ2) is 8.95. The van der Waals surface area contributed by atoms with Crippen LogP contribution in [0.3, 0.4) is 0 Å². The number of para-hydroxylation sites is 2. The molecule has 0 radical (unpaired) electrons. The molecule has 0 aliphatic carbocycles. The fourth-order valence-corrected chi connectivity index (χ4v) is 2.55. The normalized spacial score (nSPS) is 10.1. The average molecular weight is 332 g/mol. The van der Waals surface area contributed by atoms with Gasteiger partial charge < -0.3 is 15.4 Å². The van der Waals surface area contributed by atoms with Gasteiger partial charge in [-0.3, -0.25) is 9.59 Å². The van der Waals surface area contributed by atoms with Crippen molar-refractivity contribution in [3.63, 3.8) is 0 Å². The first kappa shape index (κ1) is 17.0. The molecule has 0 saturated carbocycles. The van der Waals surface area contributed by atoms with Crippen LogP contribution in [-0.2, 0) is 4.79 Å². The summed E-state index contributed by atoms with van der Waals surface area (Å²) in [5.74, 6) is 0.342. The van der Waals surface area contributed by atoms with Crippen LogP contribution in [0, 0.1) is 0 Å². The quantitative estimate of drug-likeness (QED) is 0.779. The summed E-state index contributed by atoms with van der Waals surface area (Å²) in [5.41, 5.74) is 0.649. The highest BCUT2D eigenvalue weighted by atomic mass is 32.1. The molecule has 23 heavy (non-hydrogen) atoms. The van der Waals surface area contributed by atoms with E-state index in [9.17, 15) is 9.59 Å². The minimum atomic E-state index is -0.163. The summed E-state index contributed by atoms with van der Waals surface area (Å²) in [6.07, 6.45) is 1.11. The molecule has 0 unspecified atom stereocenters. The molecule has 0 atom stereocenters. The van der Waals surface area contributed by atoms with Crippen molar-refractivity contribution in [2.75, 3.05) is 18.5 Å². The van der Waals surface area contributed by atoms with Gasteiger partial charge in [0.2, 0.25) is 5.91 Å². The summed E-state index contributed by atoms with van der Waals surface area (Å²) in [4.78, 5) is 24.4. The Balaban J connectivity index is 1.79. The van der Waals surface area contributed by atoms with Gasteiger partial charge in [0.15, 0.2) is 0 Å². The molecule has 0 saturated heterocycles. The summed E-state index contributed by atoms with van der Waals surface area (Å²) < 4.78 is 5.60. The lowest BCUT2D eigenvalue weighted by Gasteiger charge is -2.12. The van der Waals surface area contributed by atoms with Gasteiger partial charge in [0, 0.05) is 13.0 Å². The topological polar surface area (TPSA) is 67.4 Å². The van der Waals surface area contributed by atoms with Crippen LogP contribution < -0.4 is 15.4 Å². The lowest BCUT2D eigenvalue weighted by Crippen LogP contribution is -2.27. The smallest absolute Gasteiger partial charge is 0.261 e. The van der Waals surface area contributed by atoms with Crippen LogP contribution in [-0.4, -0.2) is 25.0 Å². The first-order valence-corrected chi connectivity index (χ1v) is 8.42. The van der Waals surface area contributed by atoms with Crippen LogP contribution in [0.5, 0.6) is 5.75 Å². The van der Waals surface area contributed by atoms with E-state index in [1.165, 1.54) is 11.3 Å². The van der Waals surface area contributed by atoms with Crippen LogP contribution in [0.1, 0.15) is 29.4 Å². The molecule has 1 aromatic heterocycles. The van der Waals surface area contributed by atoms with Gasteiger partial charge >= 0.3 is 0 Å². The Kier molecular flexibility index (Phi) is 6.62. The number of benzene rings is 1. The molecular formula is C17H20N2O3S. The molecule has 0 fully saturated rings. The van der Waals surface area contributed by atoms with Gasteiger partial charge in [-0.25, -0.2) is 0 Å². The molecule has 0 aliphatic rings. The summed E-state index contributed by atoms with van der Waals surface area (Å²) in [6, 6.07) is 10.9. The molecule has 2 aromatic rings. The Morgan fingerprint density at radius 2 is 2.00 bits per heavy atom. The van der Waals surface area contributed by atoms with E-state index in [4.69, 9.17) is 4.74 Å². The minimum absolute atomic E-state index is 0.153. The predicted octanol–water partition coefficient (Wildman–Crippen LogP) is 3.30. The molecule has 5 nitrogen and oxygen atoms in total. The van der Waals surface area contributed by atoms with Gasteiger partial charge in [-0.15, -0.1) is 11.3 Å². The molecule has 2 amide bonds. The molecule has 6 heteroatoms. The summed E-state index contributed by atoms with van der Waals surface area (Å²) in [5, 5.41) is 7.39. The van der Waals surface area contributed by atoms with Crippen LogP contribution in [0.25, 0.3) is 0 Å². The molecule has 0 bridgehead atoms. The van der Waals surface area contributed by atoms with Crippen molar-refractivity contribution in [2.45, 2.75) is 19.8 Å². The third kappa shape index (κ3) is 5.41. The molecule has 2 N–H and O–H groups in total. The maximum absolute atomic E-state index is 12.0. The standard InChI is InChI=1S/C17H20N2O3S/c1-2-11-22-14-7-4-3-6-13(14)19-16(20)9-10-18-17(21)15-8-5-12-23-15/h3-8,12H,2,9-11H2,1H3,(H,18,21)(H,19,20). The second-order valence-corrected chi connectivity index (χ2v) is 5.82. The average Bonchev–Trinajstić information content (AvgIpc) is 3.08. The largest absolute Gasteiger partial charge is 0.491 e. The first-order chi connectivity index (χ1) is 11.2. The van der Waals surface area contributed by atoms with Gasteiger partial charge in [0.05, 0.1) is 17.2 Å². The lowest BCUT2D eigenvalue weighted by atomic mass is 10.2. The van der Waals surface area contributed by atoms with Crippen LogP contribution in [0.15, 0.2) is 41.8 Å². The number of rotatable bonds is 8. The Bertz CT molecular complexity index is 641. The molecule has 0 spiro atoms. The van der Waals surface area contributed by atoms with Gasteiger partial charge in [0.25, 0.3) is 5.91 Å². The molecule has 0 aliphatic heterocycles. The SMILES string of the molecule is CCCOc1ccccc1NC(=O)CCNC(=O)c1cccs1. The van der Waals surface area contributed by atoms with E-state index < -0.39 is 0 Å². The van der Waals surface area contributed by atoms with Gasteiger partial charge in [0.1, 0.15) is 5.75 Å². The highest BCUT2D eigenvalue weighted by Gasteiger charge is 2.09. The highest BCUT2D eigenvalue weighted by Crippen LogP contribution is 2.23. The third-order valence-electron chi connectivity index (χ3n) is 3.01. The maximum Gasteiger partial charge on any atom is 0.261 e. The van der Waals surface area contributed by atoms with Crippen molar-refractivity contribution in [1.82, 2.24) is 5.32 Å². The zero-order valence-corrected chi connectivity index (χ0v) is 13.8. The summed E-state index contributed by atoms with van der Waals surface area (Å²) in [7, 11) is 0. The van der Waals surface area contributed by atoms with Crippen molar-refractivity contribution >= 4 is 28.8 Å². The third-order valence-corrected chi connectivity index (χ3v) is 3.87. The summed E-state index contributed by atoms with van der Waals surface area (Å²) in [6.45, 7) is 2.92. The second-order valence-electron chi connectivity index (χ2n) is 4.88. The van der Waals surface area contributed by atoms with Gasteiger partial charge in [-0.1, -0.05) is 25.1 Å². The number of carbonyl (C=O) groups excluding carboxylic acids is 2. The molecule has 1 heterocycles. The van der Waals surface area contributed by atoms with Crippen molar-refractivity contribution in [2.24, 2.45) is 0 Å². The van der Waals surface area contributed by atoms with Crippen molar-refractivity contribution in [3.05, 3.63) is 46.7 Å². The minimum Gasteiger partial charge on any atom is -0.491 e. The van der Waals surface area contributed by atoms with E-state index in [0.717, 1.165) is 6.42 Å². The molecule has 122 valence electrons. The van der Waals surface area contributed by atoms with Crippen molar-refractivity contribution in [3.8, 4) is 5.75 Å². The maximum atomic E-state index is 12.0. The van der Waals surface area contributed by atoms with E-state index in [0.29, 0.717) is 29.5 Å². The Morgan fingerprint density at radius 3 is 2.74 bits per heavy atom. The van der Waals surface area contributed by atoms with Gasteiger partial charge in [-0.2, -0.15) is 0 Å². The zero-order valence-electron chi connectivity index (χ0n) is 13.0. The van der Waals surface area contributed by atoms with Crippen LogP contribution >= 0.6 is 11.3 Å². The van der Waals surface area contributed by atoms with Crippen LogP contribution in [0.4, 0.5) is 5.69 Å². The predicted molar refractivity (Wildman–Crippen MR) is 92.1 cm³/mol. The van der Waals surface area contributed by atoms with E-state index >= 15 is 0 Å². The number of nitrogens with one attached hydrogen (secondary N) is 2. The number of hydrogen-bond donors (Lipinski definition) is 2. The lowest BCUT2D eigenvalue weighted by molar-refractivity contribution is -0.116. The monoisotopic (exact) mass is 332 g/mol. The number of hydrogen-bond acceptors (Lipinski definition) is 4. The number of carbonyl (C=O) groups is 2. The highest BCUT2D eigenvalue weighted by molar-refractivity contribution is 7.12. The van der Waals surface area contributed by atoms with Gasteiger partial charge in [-0.05, 0) is 30.0 Å².